The summed E-state index contributed by atoms with van der Waals surface area (Å²) in [6.45, 7) is 4.49. The van der Waals surface area contributed by atoms with Crippen LogP contribution < -0.4 is 5.73 Å². The lowest BCUT2D eigenvalue weighted by atomic mass is 9.79. The first-order chi connectivity index (χ1) is 7.58. The molecule has 2 N–H and O–H groups in total. The lowest BCUT2D eigenvalue weighted by Crippen LogP contribution is -2.24. The minimum Gasteiger partial charge on any atom is -0.323 e. The van der Waals surface area contributed by atoms with Crippen molar-refractivity contribution in [2.45, 2.75) is 45.6 Å². The molecule has 0 saturated heterocycles. The molecular weight excluding hydrogens is 282 g/mol. The number of rotatable bonds is 2. The highest BCUT2D eigenvalue weighted by atomic mass is 79.9. The highest BCUT2D eigenvalue weighted by molar-refractivity contribution is 9.11. The summed E-state index contributed by atoms with van der Waals surface area (Å²) in [6, 6.07) is 2.50. The maximum Gasteiger partial charge on any atom is 0.0731 e. The molecule has 1 unspecified atom stereocenters. The van der Waals surface area contributed by atoms with Gasteiger partial charge in [0.05, 0.1) is 3.79 Å². The number of aryl methyl sites for hydroxylation is 1. The lowest BCUT2D eigenvalue weighted by Gasteiger charge is -2.30. The van der Waals surface area contributed by atoms with E-state index in [1.165, 1.54) is 39.9 Å². The molecule has 1 aliphatic carbocycles. The third kappa shape index (κ3) is 2.69. The minimum atomic E-state index is 0.252. The van der Waals surface area contributed by atoms with Crippen molar-refractivity contribution < 1.29 is 0 Å². The van der Waals surface area contributed by atoms with Crippen molar-refractivity contribution in [2.24, 2.45) is 17.6 Å². The summed E-state index contributed by atoms with van der Waals surface area (Å²) < 4.78 is 1.24. The summed E-state index contributed by atoms with van der Waals surface area (Å²) in [5, 5.41) is 0. The van der Waals surface area contributed by atoms with E-state index in [1.807, 2.05) is 11.3 Å². The average Bonchev–Trinajstić information content (AvgIpc) is 2.59. The van der Waals surface area contributed by atoms with Gasteiger partial charge in [-0.15, -0.1) is 11.3 Å². The molecule has 1 fully saturated rings. The van der Waals surface area contributed by atoms with Crippen LogP contribution in [0.4, 0.5) is 0 Å². The van der Waals surface area contributed by atoms with E-state index in [-0.39, 0.29) is 6.04 Å². The van der Waals surface area contributed by atoms with Gasteiger partial charge in [-0.1, -0.05) is 19.8 Å². The van der Waals surface area contributed by atoms with Crippen molar-refractivity contribution in [1.29, 1.82) is 0 Å². The normalized spacial score (nSPS) is 28.0. The van der Waals surface area contributed by atoms with Crippen LogP contribution in [0.2, 0.25) is 0 Å². The van der Waals surface area contributed by atoms with Gasteiger partial charge in [0.2, 0.25) is 0 Å². The molecule has 3 heteroatoms. The molecule has 0 spiro atoms. The van der Waals surface area contributed by atoms with Crippen molar-refractivity contribution in [2.75, 3.05) is 0 Å². The summed E-state index contributed by atoms with van der Waals surface area (Å²) in [5.74, 6) is 1.60. The van der Waals surface area contributed by atoms with E-state index in [4.69, 9.17) is 5.73 Å². The fraction of sp³-hybridized carbons (Fsp3) is 0.692. The Kier molecular flexibility index (Phi) is 4.09. The van der Waals surface area contributed by atoms with Crippen LogP contribution >= 0.6 is 27.3 Å². The number of hydrogen-bond donors (Lipinski definition) is 1. The van der Waals surface area contributed by atoms with E-state index in [2.05, 4.69) is 35.8 Å². The molecule has 1 saturated carbocycles. The zero-order valence-electron chi connectivity index (χ0n) is 10.0. The van der Waals surface area contributed by atoms with Gasteiger partial charge in [-0.05, 0) is 59.2 Å². The summed E-state index contributed by atoms with van der Waals surface area (Å²) in [7, 11) is 0. The molecule has 1 heterocycles. The molecule has 1 atom stereocenters. The van der Waals surface area contributed by atoms with Crippen molar-refractivity contribution in [3.8, 4) is 0 Å². The highest BCUT2D eigenvalue weighted by Crippen LogP contribution is 2.39. The molecule has 0 amide bonds. The molecule has 0 aliphatic heterocycles. The molecule has 0 radical (unpaired) electrons. The van der Waals surface area contributed by atoms with E-state index in [0.717, 1.165) is 5.92 Å². The molecule has 0 aromatic carbocycles. The number of halogens is 1. The van der Waals surface area contributed by atoms with Gasteiger partial charge in [-0.3, -0.25) is 0 Å². The minimum absolute atomic E-state index is 0.252. The molecule has 1 nitrogen and oxygen atoms in total. The number of thiophene rings is 1. The SMILES string of the molecule is Cc1cc(C(N)C2CCC(C)CC2)sc1Br. The second-order valence-corrected chi connectivity index (χ2v) is 7.55. The summed E-state index contributed by atoms with van der Waals surface area (Å²) in [5.41, 5.74) is 7.71. The first-order valence-electron chi connectivity index (χ1n) is 6.09. The van der Waals surface area contributed by atoms with Gasteiger partial charge in [0.1, 0.15) is 0 Å². The Hall–Kier alpha value is 0.140. The quantitative estimate of drug-likeness (QED) is 0.846. The van der Waals surface area contributed by atoms with Crippen molar-refractivity contribution in [1.82, 2.24) is 0 Å². The predicted molar refractivity (Wildman–Crippen MR) is 74.8 cm³/mol. The monoisotopic (exact) mass is 301 g/mol. The molecular formula is C13H20BrNS. The Labute approximate surface area is 111 Å². The Morgan fingerprint density at radius 2 is 2.00 bits per heavy atom. The summed E-state index contributed by atoms with van der Waals surface area (Å²) in [6.07, 6.45) is 5.31. The van der Waals surface area contributed by atoms with E-state index in [0.29, 0.717) is 5.92 Å². The van der Waals surface area contributed by atoms with Gasteiger partial charge >= 0.3 is 0 Å². The topological polar surface area (TPSA) is 26.0 Å². The summed E-state index contributed by atoms with van der Waals surface area (Å²) >= 11 is 5.39. The second kappa shape index (κ2) is 5.19. The molecule has 0 bridgehead atoms. The van der Waals surface area contributed by atoms with Gasteiger partial charge in [-0.25, -0.2) is 0 Å². The van der Waals surface area contributed by atoms with Crippen molar-refractivity contribution in [3.63, 3.8) is 0 Å². The standard InChI is InChI=1S/C13H20BrNS/c1-8-3-5-10(6-4-8)12(15)11-7-9(2)13(14)16-11/h7-8,10,12H,3-6,15H2,1-2H3. The molecule has 1 aromatic heterocycles. The van der Waals surface area contributed by atoms with Crippen LogP contribution in [0.25, 0.3) is 0 Å². The highest BCUT2D eigenvalue weighted by Gasteiger charge is 2.25. The first-order valence-corrected chi connectivity index (χ1v) is 7.70. The van der Waals surface area contributed by atoms with Crippen LogP contribution in [-0.2, 0) is 0 Å². The van der Waals surface area contributed by atoms with Crippen LogP contribution in [0, 0.1) is 18.8 Å². The number of hydrogen-bond acceptors (Lipinski definition) is 2. The summed E-state index contributed by atoms with van der Waals surface area (Å²) in [4.78, 5) is 1.35. The predicted octanol–water partition coefficient (Wildman–Crippen LogP) is 4.65. The van der Waals surface area contributed by atoms with Crippen molar-refractivity contribution in [3.05, 3.63) is 20.3 Å². The van der Waals surface area contributed by atoms with Gasteiger partial charge in [0, 0.05) is 10.9 Å². The molecule has 16 heavy (non-hydrogen) atoms. The molecule has 2 rings (SSSR count). The zero-order valence-corrected chi connectivity index (χ0v) is 12.4. The van der Waals surface area contributed by atoms with Crippen LogP contribution in [0.15, 0.2) is 9.85 Å². The fourth-order valence-electron chi connectivity index (χ4n) is 2.53. The molecule has 1 aliphatic rings. The Morgan fingerprint density at radius 3 is 2.50 bits per heavy atom. The van der Waals surface area contributed by atoms with Gasteiger partial charge < -0.3 is 5.73 Å². The Balaban J connectivity index is 2.04. The maximum absolute atomic E-state index is 6.39. The van der Waals surface area contributed by atoms with E-state index in [1.54, 1.807) is 0 Å². The zero-order chi connectivity index (χ0) is 11.7. The smallest absolute Gasteiger partial charge is 0.0731 e. The maximum atomic E-state index is 6.39. The first kappa shape index (κ1) is 12.6. The molecule has 1 aromatic rings. The van der Waals surface area contributed by atoms with Crippen LogP contribution in [-0.4, -0.2) is 0 Å². The van der Waals surface area contributed by atoms with E-state index >= 15 is 0 Å². The van der Waals surface area contributed by atoms with E-state index in [9.17, 15) is 0 Å². The van der Waals surface area contributed by atoms with Crippen LogP contribution in [0.1, 0.15) is 49.1 Å². The lowest BCUT2D eigenvalue weighted by molar-refractivity contribution is 0.258. The van der Waals surface area contributed by atoms with E-state index < -0.39 is 0 Å². The third-order valence-corrected chi connectivity index (χ3v) is 6.01. The average molecular weight is 302 g/mol. The number of nitrogens with two attached hydrogens (primary N) is 1. The second-order valence-electron chi connectivity index (χ2n) is 5.15. The van der Waals surface area contributed by atoms with Crippen molar-refractivity contribution >= 4 is 27.3 Å². The Bertz CT molecular complexity index is 333. The van der Waals surface area contributed by atoms with Crippen LogP contribution in [0.5, 0.6) is 0 Å². The van der Waals surface area contributed by atoms with Gasteiger partial charge in [0.15, 0.2) is 0 Å². The largest absolute Gasteiger partial charge is 0.323 e. The fourth-order valence-corrected chi connectivity index (χ4v) is 4.19. The van der Waals surface area contributed by atoms with Gasteiger partial charge in [-0.2, -0.15) is 0 Å². The third-order valence-electron chi connectivity index (χ3n) is 3.77. The van der Waals surface area contributed by atoms with Crippen LogP contribution in [0.3, 0.4) is 0 Å². The van der Waals surface area contributed by atoms with Gasteiger partial charge in [0.25, 0.3) is 0 Å². The Morgan fingerprint density at radius 1 is 1.38 bits per heavy atom. The molecule has 90 valence electrons.